The molecule has 1 N–H and O–H groups in total. The first-order chi connectivity index (χ1) is 9.13. The lowest BCUT2D eigenvalue weighted by Gasteiger charge is -2.01. The molecule has 0 aromatic heterocycles. The summed E-state index contributed by atoms with van der Waals surface area (Å²) < 4.78 is 2.00. The van der Waals surface area contributed by atoms with E-state index in [1.807, 2.05) is 48.5 Å². The summed E-state index contributed by atoms with van der Waals surface area (Å²) >= 11 is 6.72. The molecule has 2 aromatic carbocycles. The molecule has 2 nitrogen and oxygen atoms in total. The van der Waals surface area contributed by atoms with Crippen molar-refractivity contribution >= 4 is 49.5 Å². The van der Waals surface area contributed by atoms with Gasteiger partial charge in [-0.2, -0.15) is 0 Å². The first-order valence-electron chi connectivity index (χ1n) is 5.64. The van der Waals surface area contributed by atoms with Crippen LogP contribution in [0.15, 0.2) is 63.6 Å². The number of rotatable bonds is 3. The van der Waals surface area contributed by atoms with Crippen LogP contribution in [0.2, 0.25) is 0 Å². The van der Waals surface area contributed by atoms with E-state index in [1.165, 1.54) is 6.08 Å². The van der Waals surface area contributed by atoms with E-state index >= 15 is 0 Å². The smallest absolute Gasteiger partial charge is 0.248 e. The number of benzene rings is 2. The summed E-state index contributed by atoms with van der Waals surface area (Å²) in [5.74, 6) is -0.148. The van der Waals surface area contributed by atoms with Crippen LogP contribution in [-0.4, -0.2) is 5.91 Å². The molecule has 19 heavy (non-hydrogen) atoms. The molecule has 0 spiro atoms. The summed E-state index contributed by atoms with van der Waals surface area (Å²) in [6.45, 7) is 0. The third-order valence-corrected chi connectivity index (χ3v) is 3.47. The monoisotopic (exact) mass is 379 g/mol. The van der Waals surface area contributed by atoms with Crippen LogP contribution < -0.4 is 5.32 Å². The molecule has 0 saturated heterocycles. The third kappa shape index (κ3) is 4.65. The van der Waals surface area contributed by atoms with E-state index in [0.29, 0.717) is 0 Å². The van der Waals surface area contributed by atoms with Crippen molar-refractivity contribution in [2.24, 2.45) is 0 Å². The highest BCUT2D eigenvalue weighted by Gasteiger charge is 1.97. The van der Waals surface area contributed by atoms with E-state index < -0.39 is 0 Å². The number of hydrogen-bond acceptors (Lipinski definition) is 1. The van der Waals surface area contributed by atoms with Crippen LogP contribution in [0.25, 0.3) is 6.08 Å². The highest BCUT2D eigenvalue weighted by molar-refractivity contribution is 9.10. The summed E-state index contributed by atoms with van der Waals surface area (Å²) in [5.41, 5.74) is 1.75. The van der Waals surface area contributed by atoms with Gasteiger partial charge < -0.3 is 5.32 Å². The van der Waals surface area contributed by atoms with Crippen molar-refractivity contribution in [3.8, 4) is 0 Å². The van der Waals surface area contributed by atoms with Gasteiger partial charge in [0.1, 0.15) is 0 Å². The lowest BCUT2D eigenvalue weighted by atomic mass is 10.2. The highest BCUT2D eigenvalue weighted by Crippen LogP contribution is 2.14. The van der Waals surface area contributed by atoms with Crippen molar-refractivity contribution in [1.82, 2.24) is 0 Å². The second-order valence-electron chi connectivity index (χ2n) is 3.88. The number of carbonyl (C=O) groups excluding carboxylic acids is 1. The molecule has 1 amide bonds. The van der Waals surface area contributed by atoms with E-state index in [2.05, 4.69) is 37.2 Å². The first kappa shape index (κ1) is 14.0. The number of hydrogen-bond donors (Lipinski definition) is 1. The molecule has 0 fully saturated rings. The predicted octanol–water partition coefficient (Wildman–Crippen LogP) is 4.86. The summed E-state index contributed by atoms with van der Waals surface area (Å²) in [6, 6.07) is 15.2. The van der Waals surface area contributed by atoms with Gasteiger partial charge in [0.05, 0.1) is 0 Å². The molecule has 0 aliphatic heterocycles. The van der Waals surface area contributed by atoms with Crippen molar-refractivity contribution in [1.29, 1.82) is 0 Å². The minimum absolute atomic E-state index is 0.148. The van der Waals surface area contributed by atoms with Crippen molar-refractivity contribution in [2.75, 3.05) is 5.32 Å². The Morgan fingerprint density at radius 3 is 2.00 bits per heavy atom. The molecular formula is C15H11Br2NO. The molecule has 2 rings (SSSR count). The largest absolute Gasteiger partial charge is 0.323 e. The minimum atomic E-state index is -0.148. The Morgan fingerprint density at radius 2 is 1.42 bits per heavy atom. The Balaban J connectivity index is 1.97. The van der Waals surface area contributed by atoms with Crippen LogP contribution in [0, 0.1) is 0 Å². The number of anilines is 1. The van der Waals surface area contributed by atoms with E-state index in [0.717, 1.165) is 20.2 Å². The second-order valence-corrected chi connectivity index (χ2v) is 5.71. The van der Waals surface area contributed by atoms with Crippen LogP contribution in [-0.2, 0) is 4.79 Å². The zero-order valence-corrected chi connectivity index (χ0v) is 13.1. The Hall–Kier alpha value is -1.39. The SMILES string of the molecule is O=C(C=Cc1ccc(Br)cc1)Nc1ccc(Br)cc1. The summed E-state index contributed by atoms with van der Waals surface area (Å²) in [4.78, 5) is 11.7. The van der Waals surface area contributed by atoms with Crippen LogP contribution in [0.3, 0.4) is 0 Å². The minimum Gasteiger partial charge on any atom is -0.323 e. The van der Waals surface area contributed by atoms with E-state index in [1.54, 1.807) is 6.08 Å². The fraction of sp³-hybridized carbons (Fsp3) is 0. The average Bonchev–Trinajstić information content (AvgIpc) is 2.41. The number of halogens is 2. The number of amides is 1. The average molecular weight is 381 g/mol. The maximum atomic E-state index is 11.7. The van der Waals surface area contributed by atoms with Crippen LogP contribution in [0.4, 0.5) is 5.69 Å². The maximum absolute atomic E-state index is 11.7. The molecule has 0 radical (unpaired) electrons. The van der Waals surface area contributed by atoms with Gasteiger partial charge in [0, 0.05) is 20.7 Å². The van der Waals surface area contributed by atoms with Gasteiger partial charge in [-0.05, 0) is 48.0 Å². The van der Waals surface area contributed by atoms with Gasteiger partial charge in [-0.25, -0.2) is 0 Å². The fourth-order valence-corrected chi connectivity index (χ4v) is 1.99. The van der Waals surface area contributed by atoms with E-state index in [9.17, 15) is 4.79 Å². The molecular weight excluding hydrogens is 370 g/mol. The van der Waals surface area contributed by atoms with Crippen LogP contribution in [0.1, 0.15) is 5.56 Å². The van der Waals surface area contributed by atoms with E-state index in [-0.39, 0.29) is 5.91 Å². The highest BCUT2D eigenvalue weighted by atomic mass is 79.9. The van der Waals surface area contributed by atoms with Gasteiger partial charge >= 0.3 is 0 Å². The molecule has 0 aliphatic carbocycles. The van der Waals surface area contributed by atoms with Crippen LogP contribution in [0.5, 0.6) is 0 Å². The topological polar surface area (TPSA) is 29.1 Å². The molecule has 2 aromatic rings. The van der Waals surface area contributed by atoms with Gasteiger partial charge in [-0.1, -0.05) is 44.0 Å². The Labute approximate surface area is 128 Å². The lowest BCUT2D eigenvalue weighted by molar-refractivity contribution is -0.111. The predicted molar refractivity (Wildman–Crippen MR) is 85.9 cm³/mol. The fourth-order valence-electron chi connectivity index (χ4n) is 1.46. The van der Waals surface area contributed by atoms with Crippen molar-refractivity contribution in [3.63, 3.8) is 0 Å². The Kier molecular flexibility index (Phi) is 4.93. The summed E-state index contributed by atoms with van der Waals surface area (Å²) in [6.07, 6.45) is 3.30. The summed E-state index contributed by atoms with van der Waals surface area (Å²) in [5, 5.41) is 2.79. The van der Waals surface area contributed by atoms with Crippen molar-refractivity contribution in [3.05, 3.63) is 69.1 Å². The van der Waals surface area contributed by atoms with Crippen molar-refractivity contribution < 1.29 is 4.79 Å². The zero-order valence-electron chi connectivity index (χ0n) is 9.94. The van der Waals surface area contributed by atoms with Gasteiger partial charge in [-0.15, -0.1) is 0 Å². The quantitative estimate of drug-likeness (QED) is 0.756. The first-order valence-corrected chi connectivity index (χ1v) is 7.22. The molecule has 0 unspecified atom stereocenters. The molecule has 0 heterocycles. The third-order valence-electron chi connectivity index (χ3n) is 2.41. The van der Waals surface area contributed by atoms with Gasteiger partial charge in [0.25, 0.3) is 0 Å². The molecule has 0 bridgehead atoms. The lowest BCUT2D eigenvalue weighted by Crippen LogP contribution is -2.07. The number of carbonyl (C=O) groups is 1. The molecule has 96 valence electrons. The molecule has 0 atom stereocenters. The van der Waals surface area contributed by atoms with Gasteiger partial charge in [0.2, 0.25) is 5.91 Å². The van der Waals surface area contributed by atoms with Gasteiger partial charge in [0.15, 0.2) is 0 Å². The Morgan fingerprint density at radius 1 is 0.895 bits per heavy atom. The second kappa shape index (κ2) is 6.68. The molecule has 4 heteroatoms. The normalized spacial score (nSPS) is 10.6. The van der Waals surface area contributed by atoms with Crippen molar-refractivity contribution in [2.45, 2.75) is 0 Å². The van der Waals surface area contributed by atoms with E-state index in [4.69, 9.17) is 0 Å². The van der Waals surface area contributed by atoms with Crippen LogP contribution >= 0.6 is 31.9 Å². The maximum Gasteiger partial charge on any atom is 0.248 e. The van der Waals surface area contributed by atoms with Gasteiger partial charge in [-0.3, -0.25) is 4.79 Å². The number of nitrogens with one attached hydrogen (secondary N) is 1. The summed E-state index contributed by atoms with van der Waals surface area (Å²) in [7, 11) is 0. The standard InChI is InChI=1S/C15H11Br2NO/c16-12-4-1-11(2-5-12)3-10-15(19)18-14-8-6-13(17)7-9-14/h1-10H,(H,18,19). The zero-order chi connectivity index (χ0) is 13.7. The molecule has 0 saturated carbocycles. The molecule has 0 aliphatic rings. The Bertz CT molecular complexity index is 589.